The van der Waals surface area contributed by atoms with E-state index >= 15 is 0 Å². The number of methoxy groups -OCH3 is 1. The number of ether oxygens (including phenoxy) is 4. The molecule has 1 aromatic heterocycles. The second-order valence-corrected chi connectivity index (χ2v) is 8.90. The van der Waals surface area contributed by atoms with Gasteiger partial charge in [-0.15, -0.1) is 0 Å². The lowest BCUT2D eigenvalue weighted by Gasteiger charge is -2.33. The van der Waals surface area contributed by atoms with E-state index in [0.29, 0.717) is 18.2 Å². The number of benzene rings is 2. The van der Waals surface area contributed by atoms with Crippen LogP contribution in [0.3, 0.4) is 0 Å². The molecule has 1 aliphatic heterocycles. The van der Waals surface area contributed by atoms with Crippen LogP contribution in [0, 0.1) is 11.6 Å². The summed E-state index contributed by atoms with van der Waals surface area (Å²) in [7, 11) is 1.61. The second-order valence-electron chi connectivity index (χ2n) is 7.58. The minimum Gasteiger partial charge on any atom is -0.497 e. The Morgan fingerprint density at radius 3 is 2.74 bits per heavy atom. The molecule has 0 spiro atoms. The van der Waals surface area contributed by atoms with Crippen LogP contribution in [-0.4, -0.2) is 35.9 Å². The smallest absolute Gasteiger partial charge is 0.219 e. The van der Waals surface area contributed by atoms with Crippen LogP contribution in [0.1, 0.15) is 30.8 Å². The molecule has 0 amide bonds. The highest BCUT2D eigenvalue weighted by atomic mass is 35.5. The second kappa shape index (κ2) is 11.3. The van der Waals surface area contributed by atoms with Gasteiger partial charge in [-0.25, -0.2) is 13.8 Å². The molecule has 0 radical (unpaired) electrons. The molecule has 0 bridgehead atoms. The third-order valence-corrected chi connectivity index (χ3v) is 6.32. The lowest BCUT2D eigenvalue weighted by Crippen LogP contribution is -2.38. The highest BCUT2D eigenvalue weighted by Crippen LogP contribution is 2.31. The third-order valence-electron chi connectivity index (χ3n) is 5.23. The minimum absolute atomic E-state index is 0.144. The lowest BCUT2D eigenvalue weighted by molar-refractivity contribution is -0.233. The number of rotatable bonds is 8. The Morgan fingerprint density at radius 1 is 1.18 bits per heavy atom. The first-order chi connectivity index (χ1) is 16.4. The highest BCUT2D eigenvalue weighted by Gasteiger charge is 2.30. The van der Waals surface area contributed by atoms with Gasteiger partial charge in [-0.05, 0) is 25.1 Å². The van der Waals surface area contributed by atoms with Gasteiger partial charge in [-0.2, -0.15) is 4.98 Å². The SMILES string of the molecule is COc1ccc(C2OCC[C@@H]([C@@H](C)Oc3cc(Cl)nc(SCc4cccc(F)c4F)n3)O2)cc1. The Bertz CT molecular complexity index is 1120. The number of hydrogen-bond acceptors (Lipinski definition) is 7. The number of hydrogen-bond donors (Lipinski definition) is 0. The van der Waals surface area contributed by atoms with Crippen molar-refractivity contribution in [3.8, 4) is 11.6 Å². The van der Waals surface area contributed by atoms with Gasteiger partial charge in [0.05, 0.1) is 19.8 Å². The summed E-state index contributed by atoms with van der Waals surface area (Å²) in [5, 5.41) is 0.478. The van der Waals surface area contributed by atoms with Gasteiger partial charge >= 0.3 is 0 Å². The predicted molar refractivity (Wildman–Crippen MR) is 124 cm³/mol. The summed E-state index contributed by atoms with van der Waals surface area (Å²) in [5.74, 6) is -0.614. The van der Waals surface area contributed by atoms with Gasteiger partial charge < -0.3 is 18.9 Å². The zero-order chi connectivity index (χ0) is 24.1. The van der Waals surface area contributed by atoms with Gasteiger partial charge in [0.2, 0.25) is 5.88 Å². The van der Waals surface area contributed by atoms with E-state index in [1.807, 2.05) is 31.2 Å². The van der Waals surface area contributed by atoms with Crippen molar-refractivity contribution in [2.75, 3.05) is 13.7 Å². The number of nitrogens with zero attached hydrogens (tertiary/aromatic N) is 2. The van der Waals surface area contributed by atoms with Crippen molar-refractivity contribution >= 4 is 23.4 Å². The maximum atomic E-state index is 13.9. The van der Waals surface area contributed by atoms with Crippen LogP contribution < -0.4 is 9.47 Å². The molecule has 1 fully saturated rings. The van der Waals surface area contributed by atoms with Gasteiger partial charge in [-0.3, -0.25) is 0 Å². The van der Waals surface area contributed by atoms with Crippen molar-refractivity contribution in [1.29, 1.82) is 0 Å². The molecule has 10 heteroatoms. The van der Waals surface area contributed by atoms with Crippen LogP contribution >= 0.6 is 23.4 Å². The van der Waals surface area contributed by atoms with Crippen molar-refractivity contribution in [3.05, 3.63) is 76.4 Å². The van der Waals surface area contributed by atoms with E-state index in [1.165, 1.54) is 18.2 Å². The van der Waals surface area contributed by atoms with Crippen LogP contribution in [0.2, 0.25) is 5.15 Å². The highest BCUT2D eigenvalue weighted by molar-refractivity contribution is 7.98. The average Bonchev–Trinajstić information content (AvgIpc) is 2.85. The molecule has 1 saturated heterocycles. The molecule has 2 heterocycles. The maximum Gasteiger partial charge on any atom is 0.219 e. The van der Waals surface area contributed by atoms with Crippen molar-refractivity contribution in [1.82, 2.24) is 9.97 Å². The summed E-state index contributed by atoms with van der Waals surface area (Å²) in [6.45, 7) is 2.39. The zero-order valence-electron chi connectivity index (χ0n) is 18.5. The first-order valence-corrected chi connectivity index (χ1v) is 12.0. The molecule has 2 aromatic carbocycles. The molecule has 0 N–H and O–H groups in total. The summed E-state index contributed by atoms with van der Waals surface area (Å²) in [6, 6.07) is 13.0. The standard InChI is InChI=1S/C24H23ClF2N2O4S/c1-14(19-10-11-31-23(33-19)15-6-8-17(30-2)9-7-15)32-21-12-20(25)28-24(29-21)34-13-16-4-3-5-18(26)22(16)27/h3-9,12,14,19,23H,10-11,13H2,1-2H3/t14-,19+,23?/m1/s1. The summed E-state index contributed by atoms with van der Waals surface area (Å²) < 4.78 is 50.5. The van der Waals surface area contributed by atoms with Gasteiger partial charge in [0.1, 0.15) is 17.0 Å². The molecule has 4 rings (SSSR count). The van der Waals surface area contributed by atoms with Gasteiger partial charge in [0, 0.05) is 29.4 Å². The molecular formula is C24H23ClF2N2O4S. The van der Waals surface area contributed by atoms with E-state index in [-0.39, 0.29) is 34.6 Å². The number of halogens is 3. The molecule has 6 nitrogen and oxygen atoms in total. The predicted octanol–water partition coefficient (Wildman–Crippen LogP) is 5.98. The van der Waals surface area contributed by atoms with Crippen LogP contribution in [0.15, 0.2) is 53.7 Å². The summed E-state index contributed by atoms with van der Waals surface area (Å²) in [4.78, 5) is 8.51. The molecule has 34 heavy (non-hydrogen) atoms. The maximum absolute atomic E-state index is 13.9. The first-order valence-electron chi connectivity index (χ1n) is 10.6. The quantitative estimate of drug-likeness (QED) is 0.211. The Hall–Kier alpha value is -2.46. The Morgan fingerprint density at radius 2 is 1.97 bits per heavy atom. The minimum atomic E-state index is -0.896. The Labute approximate surface area is 205 Å². The zero-order valence-corrected chi connectivity index (χ0v) is 20.1. The van der Waals surface area contributed by atoms with Gasteiger partial charge in [0.15, 0.2) is 23.1 Å². The van der Waals surface area contributed by atoms with E-state index in [9.17, 15) is 8.78 Å². The van der Waals surface area contributed by atoms with Crippen LogP contribution in [-0.2, 0) is 15.2 Å². The van der Waals surface area contributed by atoms with Crippen molar-refractivity contribution in [2.45, 2.75) is 42.8 Å². The molecule has 180 valence electrons. The van der Waals surface area contributed by atoms with Crippen molar-refractivity contribution < 1.29 is 27.7 Å². The average molecular weight is 509 g/mol. The molecule has 1 aliphatic rings. The fourth-order valence-electron chi connectivity index (χ4n) is 3.41. The van der Waals surface area contributed by atoms with E-state index < -0.39 is 17.9 Å². The topological polar surface area (TPSA) is 62.7 Å². The molecule has 0 saturated carbocycles. The summed E-state index contributed by atoms with van der Waals surface area (Å²) in [6.07, 6.45) is -0.467. The van der Waals surface area contributed by atoms with Crippen molar-refractivity contribution in [3.63, 3.8) is 0 Å². The largest absolute Gasteiger partial charge is 0.497 e. The van der Waals surface area contributed by atoms with E-state index in [4.69, 9.17) is 30.5 Å². The third kappa shape index (κ3) is 6.15. The molecule has 1 unspecified atom stereocenters. The molecule has 3 aromatic rings. The monoisotopic (exact) mass is 508 g/mol. The van der Waals surface area contributed by atoms with E-state index in [0.717, 1.165) is 29.1 Å². The van der Waals surface area contributed by atoms with Crippen LogP contribution in [0.4, 0.5) is 8.78 Å². The number of aromatic nitrogens is 2. The van der Waals surface area contributed by atoms with Gasteiger partial charge in [-0.1, -0.05) is 47.6 Å². The number of thioether (sulfide) groups is 1. The van der Waals surface area contributed by atoms with E-state index in [1.54, 1.807) is 7.11 Å². The fourth-order valence-corrected chi connectivity index (χ4v) is 4.46. The molecule has 3 atom stereocenters. The van der Waals surface area contributed by atoms with Crippen LogP contribution in [0.25, 0.3) is 0 Å². The fraction of sp³-hybridized carbons (Fsp3) is 0.333. The Balaban J connectivity index is 1.39. The normalized spacial score (nSPS) is 19.0. The first kappa shape index (κ1) is 24.7. The van der Waals surface area contributed by atoms with Crippen LogP contribution in [0.5, 0.6) is 11.6 Å². The molecule has 0 aliphatic carbocycles. The molecular weight excluding hydrogens is 486 g/mol. The van der Waals surface area contributed by atoms with E-state index in [2.05, 4.69) is 9.97 Å². The summed E-state index contributed by atoms with van der Waals surface area (Å²) in [5.41, 5.74) is 1.09. The van der Waals surface area contributed by atoms with Gasteiger partial charge in [0.25, 0.3) is 0 Å². The lowest BCUT2D eigenvalue weighted by atomic mass is 10.1. The Kier molecular flexibility index (Phi) is 8.20. The summed E-state index contributed by atoms with van der Waals surface area (Å²) >= 11 is 7.28. The van der Waals surface area contributed by atoms with Crippen molar-refractivity contribution in [2.24, 2.45) is 0 Å².